The van der Waals surface area contributed by atoms with Gasteiger partial charge in [0, 0.05) is 0 Å². The molecule has 27 heavy (non-hydrogen) atoms. The largest absolute Gasteiger partial charge is 0.481 e. The molecular formula is C21H24ClNO4. The summed E-state index contributed by atoms with van der Waals surface area (Å²) in [4.78, 5) is 24.3. The topological polar surface area (TPSA) is 64.6 Å². The molecule has 6 heteroatoms. The lowest BCUT2D eigenvalue weighted by Gasteiger charge is -2.18. The van der Waals surface area contributed by atoms with Crippen molar-refractivity contribution >= 4 is 29.2 Å². The van der Waals surface area contributed by atoms with Gasteiger partial charge in [0.05, 0.1) is 22.9 Å². The molecule has 1 N–H and O–H groups in total. The molecule has 0 radical (unpaired) electrons. The lowest BCUT2D eigenvalue weighted by molar-refractivity contribution is -0.122. The Morgan fingerprint density at radius 1 is 1.07 bits per heavy atom. The van der Waals surface area contributed by atoms with Gasteiger partial charge < -0.3 is 14.8 Å². The molecule has 0 fully saturated rings. The van der Waals surface area contributed by atoms with Gasteiger partial charge in [-0.1, -0.05) is 24.6 Å². The van der Waals surface area contributed by atoms with Gasteiger partial charge in [-0.05, 0) is 68.7 Å². The molecule has 2 rings (SSSR count). The van der Waals surface area contributed by atoms with E-state index in [9.17, 15) is 9.59 Å². The van der Waals surface area contributed by atoms with Crippen molar-refractivity contribution in [2.75, 3.05) is 11.9 Å². The van der Waals surface area contributed by atoms with Gasteiger partial charge in [0.25, 0.3) is 5.91 Å². The van der Waals surface area contributed by atoms with Crippen LogP contribution in [0.5, 0.6) is 5.75 Å². The van der Waals surface area contributed by atoms with Crippen LogP contribution in [0.3, 0.4) is 0 Å². The molecule has 0 bridgehead atoms. The second-order valence-electron chi connectivity index (χ2n) is 6.17. The molecular weight excluding hydrogens is 366 g/mol. The lowest BCUT2D eigenvalue weighted by atomic mass is 10.1. The number of aryl methyl sites for hydroxylation is 2. The molecule has 1 atom stereocenters. The maximum atomic E-state index is 12.6. The Kier molecular flexibility index (Phi) is 7.25. The van der Waals surface area contributed by atoms with E-state index in [2.05, 4.69) is 5.32 Å². The molecule has 0 spiro atoms. The Balaban J connectivity index is 2.09. The van der Waals surface area contributed by atoms with E-state index in [-0.39, 0.29) is 17.5 Å². The summed E-state index contributed by atoms with van der Waals surface area (Å²) in [6, 6.07) is 10.3. The van der Waals surface area contributed by atoms with Crippen molar-refractivity contribution in [2.24, 2.45) is 0 Å². The number of amides is 1. The number of carbonyl (C=O) groups excluding carboxylic acids is 2. The molecule has 0 aliphatic rings. The van der Waals surface area contributed by atoms with Crippen LogP contribution in [-0.2, 0) is 9.53 Å². The second kappa shape index (κ2) is 9.42. The SMILES string of the molecule is CCOC(=O)c1ccc(NC(=O)C(CC)Oc2ccc(C)c(C)c2)c(Cl)c1. The van der Waals surface area contributed by atoms with Gasteiger partial charge in [-0.3, -0.25) is 4.79 Å². The number of rotatable bonds is 7. The molecule has 2 aromatic carbocycles. The monoisotopic (exact) mass is 389 g/mol. The van der Waals surface area contributed by atoms with Crippen LogP contribution in [0, 0.1) is 13.8 Å². The summed E-state index contributed by atoms with van der Waals surface area (Å²) >= 11 is 6.20. The van der Waals surface area contributed by atoms with Crippen molar-refractivity contribution in [3.63, 3.8) is 0 Å². The fourth-order valence-corrected chi connectivity index (χ4v) is 2.67. The Bertz CT molecular complexity index is 835. The van der Waals surface area contributed by atoms with E-state index >= 15 is 0 Å². The van der Waals surface area contributed by atoms with Crippen LogP contribution in [0.1, 0.15) is 41.8 Å². The minimum absolute atomic E-state index is 0.259. The van der Waals surface area contributed by atoms with Crippen LogP contribution in [0.25, 0.3) is 0 Å². The summed E-state index contributed by atoms with van der Waals surface area (Å²) in [7, 11) is 0. The number of halogens is 1. The number of carbonyl (C=O) groups is 2. The zero-order chi connectivity index (χ0) is 20.0. The number of ether oxygens (including phenoxy) is 2. The van der Waals surface area contributed by atoms with Crippen molar-refractivity contribution in [1.29, 1.82) is 0 Å². The molecule has 0 aromatic heterocycles. The number of benzene rings is 2. The zero-order valence-electron chi connectivity index (χ0n) is 16.0. The van der Waals surface area contributed by atoms with Crippen LogP contribution in [-0.4, -0.2) is 24.6 Å². The number of hydrogen-bond donors (Lipinski definition) is 1. The molecule has 0 saturated heterocycles. The van der Waals surface area contributed by atoms with Crippen LogP contribution in [0.4, 0.5) is 5.69 Å². The van der Waals surface area contributed by atoms with Gasteiger partial charge in [-0.15, -0.1) is 0 Å². The minimum atomic E-state index is -0.659. The van der Waals surface area contributed by atoms with E-state index in [1.165, 1.54) is 6.07 Å². The van der Waals surface area contributed by atoms with Gasteiger partial charge in [0.15, 0.2) is 6.10 Å². The van der Waals surface area contributed by atoms with Crippen molar-refractivity contribution in [1.82, 2.24) is 0 Å². The van der Waals surface area contributed by atoms with Crippen molar-refractivity contribution in [2.45, 2.75) is 40.2 Å². The summed E-state index contributed by atoms with van der Waals surface area (Å²) in [5.74, 6) is -0.118. The van der Waals surface area contributed by atoms with E-state index in [0.29, 0.717) is 23.4 Å². The highest BCUT2D eigenvalue weighted by atomic mass is 35.5. The third-order valence-electron chi connectivity index (χ3n) is 4.16. The fraction of sp³-hybridized carbons (Fsp3) is 0.333. The predicted molar refractivity (Wildman–Crippen MR) is 107 cm³/mol. The molecule has 1 amide bonds. The molecule has 0 saturated carbocycles. The summed E-state index contributed by atoms with van der Waals surface area (Å²) in [6.07, 6.45) is -0.162. The van der Waals surface area contributed by atoms with E-state index < -0.39 is 12.1 Å². The van der Waals surface area contributed by atoms with E-state index in [1.54, 1.807) is 19.1 Å². The Hall–Kier alpha value is -2.53. The van der Waals surface area contributed by atoms with Gasteiger partial charge in [0.2, 0.25) is 0 Å². The molecule has 2 aromatic rings. The van der Waals surface area contributed by atoms with Crippen molar-refractivity contribution in [3.8, 4) is 5.75 Å². The third-order valence-corrected chi connectivity index (χ3v) is 4.47. The molecule has 1 unspecified atom stereocenters. The smallest absolute Gasteiger partial charge is 0.338 e. The zero-order valence-corrected chi connectivity index (χ0v) is 16.7. The lowest BCUT2D eigenvalue weighted by Crippen LogP contribution is -2.32. The highest BCUT2D eigenvalue weighted by Crippen LogP contribution is 2.25. The van der Waals surface area contributed by atoms with Crippen LogP contribution in [0.2, 0.25) is 5.02 Å². The van der Waals surface area contributed by atoms with E-state index in [0.717, 1.165) is 11.1 Å². The fourth-order valence-electron chi connectivity index (χ4n) is 2.44. The average molecular weight is 390 g/mol. The first-order valence-corrected chi connectivity index (χ1v) is 9.25. The maximum absolute atomic E-state index is 12.6. The number of nitrogens with one attached hydrogen (secondary N) is 1. The molecule has 0 aliphatic carbocycles. The third kappa shape index (κ3) is 5.47. The van der Waals surface area contributed by atoms with Gasteiger partial charge in [0.1, 0.15) is 5.75 Å². The maximum Gasteiger partial charge on any atom is 0.338 e. The standard InChI is InChI=1S/C21H24ClNO4/c1-5-19(27-16-9-7-13(3)14(4)11-16)20(24)23-18-10-8-15(12-17(18)22)21(25)26-6-2/h7-12,19H,5-6H2,1-4H3,(H,23,24). The Morgan fingerprint density at radius 2 is 1.81 bits per heavy atom. The van der Waals surface area contributed by atoms with Crippen LogP contribution in [0.15, 0.2) is 36.4 Å². The number of anilines is 1. The van der Waals surface area contributed by atoms with Crippen LogP contribution >= 0.6 is 11.6 Å². The summed E-state index contributed by atoms with van der Waals surface area (Å²) < 4.78 is 10.8. The Labute approximate surface area is 164 Å². The van der Waals surface area contributed by atoms with Gasteiger partial charge in [-0.25, -0.2) is 4.79 Å². The predicted octanol–water partition coefficient (Wildman–Crippen LogP) is 4.93. The molecule has 0 heterocycles. The summed E-state index contributed by atoms with van der Waals surface area (Å²) in [5.41, 5.74) is 3.00. The Morgan fingerprint density at radius 3 is 2.41 bits per heavy atom. The minimum Gasteiger partial charge on any atom is -0.481 e. The normalized spacial score (nSPS) is 11.6. The van der Waals surface area contributed by atoms with Gasteiger partial charge in [-0.2, -0.15) is 0 Å². The summed E-state index contributed by atoms with van der Waals surface area (Å²) in [6.45, 7) is 7.90. The first-order chi connectivity index (χ1) is 12.8. The van der Waals surface area contributed by atoms with Crippen LogP contribution < -0.4 is 10.1 Å². The first-order valence-electron chi connectivity index (χ1n) is 8.87. The quantitative estimate of drug-likeness (QED) is 0.682. The second-order valence-corrected chi connectivity index (χ2v) is 6.57. The average Bonchev–Trinajstić information content (AvgIpc) is 2.64. The number of hydrogen-bond acceptors (Lipinski definition) is 4. The van der Waals surface area contributed by atoms with E-state index in [4.69, 9.17) is 21.1 Å². The van der Waals surface area contributed by atoms with Gasteiger partial charge >= 0.3 is 5.97 Å². The van der Waals surface area contributed by atoms with Crippen molar-refractivity contribution < 1.29 is 19.1 Å². The van der Waals surface area contributed by atoms with E-state index in [1.807, 2.05) is 39.0 Å². The highest BCUT2D eigenvalue weighted by Gasteiger charge is 2.20. The highest BCUT2D eigenvalue weighted by molar-refractivity contribution is 6.34. The van der Waals surface area contributed by atoms with Crippen molar-refractivity contribution in [3.05, 3.63) is 58.1 Å². The first kappa shape index (κ1) is 20.8. The number of esters is 1. The molecule has 0 aliphatic heterocycles. The molecule has 5 nitrogen and oxygen atoms in total. The summed E-state index contributed by atoms with van der Waals surface area (Å²) in [5, 5.41) is 3.02. The molecule has 144 valence electrons.